The molecule has 6 nitrogen and oxygen atoms in total. The quantitative estimate of drug-likeness (QED) is 0.702. The van der Waals surface area contributed by atoms with Gasteiger partial charge in [0.2, 0.25) is 5.60 Å². The molecule has 10 heteroatoms. The Balaban J connectivity index is 2.93. The topological polar surface area (TPSA) is 89.9 Å². The number of alkyl halides is 3. The van der Waals surface area contributed by atoms with Crippen LogP contribution in [-0.4, -0.2) is 58.9 Å². The maximum atomic E-state index is 12.6. The molecule has 0 saturated heterocycles. The first-order valence-electron chi connectivity index (χ1n) is 7.18. The van der Waals surface area contributed by atoms with Crippen molar-refractivity contribution in [2.24, 2.45) is 0 Å². The number of amides is 2. The van der Waals surface area contributed by atoms with E-state index in [2.05, 4.69) is 0 Å². The number of aliphatic hydroxyl groups is 2. The summed E-state index contributed by atoms with van der Waals surface area (Å²) >= 11 is 5.90. The largest absolute Gasteiger partial charge is 0.426 e. The van der Waals surface area contributed by atoms with Crippen LogP contribution in [0.2, 0.25) is 5.02 Å². The van der Waals surface area contributed by atoms with Crippen molar-refractivity contribution in [3.63, 3.8) is 0 Å². The number of carbonyl (C=O) groups excluding carboxylic acids is 2. The Morgan fingerprint density at radius 3 is 2.40 bits per heavy atom. The van der Waals surface area contributed by atoms with E-state index in [0.29, 0.717) is 19.9 Å². The Bertz CT molecular complexity index is 650. The second kappa shape index (κ2) is 8.03. The van der Waals surface area contributed by atoms with Crippen LogP contribution in [-0.2, 0) is 4.79 Å². The molecule has 0 unspecified atom stereocenters. The number of carbonyl (C=O) groups is 2. The summed E-state index contributed by atoms with van der Waals surface area (Å²) < 4.78 is 37.9. The third-order valence-corrected chi connectivity index (χ3v) is 3.77. The summed E-state index contributed by atoms with van der Waals surface area (Å²) in [6.07, 6.45) is -4.77. The summed E-state index contributed by atoms with van der Waals surface area (Å²) in [4.78, 5) is 25.1. The van der Waals surface area contributed by atoms with E-state index in [1.807, 2.05) is 5.32 Å². The van der Waals surface area contributed by atoms with E-state index in [-0.39, 0.29) is 22.9 Å². The number of nitrogens with one attached hydrogen (secondary N) is 1. The van der Waals surface area contributed by atoms with Crippen LogP contribution in [0.15, 0.2) is 18.2 Å². The van der Waals surface area contributed by atoms with Crippen molar-refractivity contribution < 1.29 is 33.0 Å². The smallest absolute Gasteiger partial charge is 0.396 e. The highest BCUT2D eigenvalue weighted by molar-refractivity contribution is 6.34. The molecular formula is C15H18ClF3N2O4. The number of nitrogens with zero attached hydrogens (tertiary/aromatic N) is 1. The molecule has 0 aromatic heterocycles. The van der Waals surface area contributed by atoms with Crippen molar-refractivity contribution in [2.45, 2.75) is 25.1 Å². The van der Waals surface area contributed by atoms with Crippen LogP contribution in [0.25, 0.3) is 0 Å². The minimum Gasteiger partial charge on any atom is -0.396 e. The maximum Gasteiger partial charge on any atom is 0.426 e. The zero-order chi connectivity index (χ0) is 19.4. The molecule has 0 bridgehead atoms. The highest BCUT2D eigenvalue weighted by atomic mass is 35.5. The van der Waals surface area contributed by atoms with Crippen molar-refractivity contribution in [1.82, 2.24) is 4.90 Å². The van der Waals surface area contributed by atoms with Gasteiger partial charge < -0.3 is 20.4 Å². The molecule has 140 valence electrons. The van der Waals surface area contributed by atoms with Crippen molar-refractivity contribution in [3.8, 4) is 0 Å². The number of anilines is 1. The fourth-order valence-electron chi connectivity index (χ4n) is 1.75. The predicted octanol–water partition coefficient (Wildman–Crippen LogP) is 2.05. The molecule has 0 aliphatic carbocycles. The van der Waals surface area contributed by atoms with Gasteiger partial charge >= 0.3 is 6.18 Å². The lowest BCUT2D eigenvalue weighted by molar-refractivity contribution is -0.242. The molecule has 2 amide bonds. The van der Waals surface area contributed by atoms with E-state index in [1.165, 1.54) is 30.1 Å². The lowest BCUT2D eigenvalue weighted by Crippen LogP contribution is -2.52. The van der Waals surface area contributed by atoms with Crippen molar-refractivity contribution in [3.05, 3.63) is 28.8 Å². The average molecular weight is 383 g/mol. The van der Waals surface area contributed by atoms with Gasteiger partial charge in [0, 0.05) is 25.8 Å². The Hall–Kier alpha value is -1.84. The van der Waals surface area contributed by atoms with E-state index in [4.69, 9.17) is 16.7 Å². The summed E-state index contributed by atoms with van der Waals surface area (Å²) in [5, 5.41) is 19.8. The molecule has 0 heterocycles. The van der Waals surface area contributed by atoms with Crippen molar-refractivity contribution in [2.75, 3.05) is 25.5 Å². The first-order chi connectivity index (χ1) is 11.4. The molecule has 1 rings (SSSR count). The van der Waals surface area contributed by atoms with Crippen LogP contribution in [0.1, 0.15) is 23.7 Å². The zero-order valence-electron chi connectivity index (χ0n) is 13.5. The normalized spacial score (nSPS) is 13.9. The molecule has 25 heavy (non-hydrogen) atoms. The third kappa shape index (κ3) is 5.07. The molecule has 0 fully saturated rings. The first-order valence-corrected chi connectivity index (χ1v) is 7.56. The van der Waals surface area contributed by atoms with E-state index >= 15 is 0 Å². The van der Waals surface area contributed by atoms with Gasteiger partial charge in [-0.1, -0.05) is 11.6 Å². The predicted molar refractivity (Wildman–Crippen MR) is 85.4 cm³/mol. The number of benzene rings is 1. The molecule has 1 atom stereocenters. The lowest BCUT2D eigenvalue weighted by atomic mass is 10.1. The van der Waals surface area contributed by atoms with Gasteiger partial charge in [-0.3, -0.25) is 9.59 Å². The minimum atomic E-state index is -5.16. The summed E-state index contributed by atoms with van der Waals surface area (Å²) in [7, 11) is 1.52. The summed E-state index contributed by atoms with van der Waals surface area (Å²) in [6, 6.07) is 3.64. The second-order valence-corrected chi connectivity index (χ2v) is 5.93. The third-order valence-electron chi connectivity index (χ3n) is 3.46. The van der Waals surface area contributed by atoms with Crippen molar-refractivity contribution >= 4 is 29.1 Å². The molecule has 0 spiro atoms. The molecule has 0 aliphatic heterocycles. The first kappa shape index (κ1) is 21.2. The van der Waals surface area contributed by atoms with Crippen LogP contribution < -0.4 is 5.32 Å². The van der Waals surface area contributed by atoms with Crippen molar-refractivity contribution in [1.29, 1.82) is 0 Å². The van der Waals surface area contributed by atoms with E-state index in [0.717, 1.165) is 0 Å². The fraction of sp³-hybridized carbons (Fsp3) is 0.467. The lowest BCUT2D eigenvalue weighted by Gasteiger charge is -2.25. The average Bonchev–Trinajstić information content (AvgIpc) is 2.52. The van der Waals surface area contributed by atoms with Crippen LogP contribution in [0.3, 0.4) is 0 Å². The molecule has 0 radical (unpaired) electrons. The van der Waals surface area contributed by atoms with E-state index in [1.54, 1.807) is 0 Å². The van der Waals surface area contributed by atoms with Gasteiger partial charge in [0.15, 0.2) is 0 Å². The van der Waals surface area contributed by atoms with Crippen LogP contribution >= 0.6 is 11.6 Å². The van der Waals surface area contributed by atoms with Gasteiger partial charge in [0.05, 0.1) is 10.7 Å². The monoisotopic (exact) mass is 382 g/mol. The Labute approximate surface area is 147 Å². The molecule has 1 aromatic rings. The highest BCUT2D eigenvalue weighted by Gasteiger charge is 2.55. The SMILES string of the molecule is CN(CCCO)C(=O)c1ccc(NC(=O)[C@@](C)(O)C(F)(F)F)c(Cl)c1. The molecule has 0 aliphatic rings. The number of aliphatic hydroxyl groups excluding tert-OH is 1. The van der Waals surface area contributed by atoms with Gasteiger partial charge in [-0.2, -0.15) is 13.2 Å². The van der Waals surface area contributed by atoms with E-state index < -0.39 is 23.6 Å². The second-order valence-electron chi connectivity index (χ2n) is 5.52. The number of hydrogen-bond acceptors (Lipinski definition) is 4. The van der Waals surface area contributed by atoms with Crippen LogP contribution in [0, 0.1) is 0 Å². The molecule has 3 N–H and O–H groups in total. The van der Waals surface area contributed by atoms with Gasteiger partial charge in [0.25, 0.3) is 11.8 Å². The summed E-state index contributed by atoms with van der Waals surface area (Å²) in [6.45, 7) is 0.548. The van der Waals surface area contributed by atoms with Gasteiger partial charge in [-0.25, -0.2) is 0 Å². The van der Waals surface area contributed by atoms with E-state index in [9.17, 15) is 27.9 Å². The van der Waals surface area contributed by atoms with Gasteiger partial charge in [-0.05, 0) is 31.5 Å². The van der Waals surface area contributed by atoms with Crippen LogP contribution in [0.4, 0.5) is 18.9 Å². The zero-order valence-corrected chi connectivity index (χ0v) is 14.3. The number of halogens is 4. The summed E-state index contributed by atoms with van der Waals surface area (Å²) in [5.74, 6) is -2.10. The fourth-order valence-corrected chi connectivity index (χ4v) is 1.98. The van der Waals surface area contributed by atoms with Gasteiger partial charge in [0.1, 0.15) is 0 Å². The van der Waals surface area contributed by atoms with Crippen LogP contribution in [0.5, 0.6) is 0 Å². The molecule has 0 saturated carbocycles. The Morgan fingerprint density at radius 1 is 1.32 bits per heavy atom. The van der Waals surface area contributed by atoms with Gasteiger partial charge in [-0.15, -0.1) is 0 Å². The number of rotatable bonds is 6. The maximum absolute atomic E-state index is 12.6. The minimum absolute atomic E-state index is 0.0809. The molecular weight excluding hydrogens is 365 g/mol. The Kier molecular flexibility index (Phi) is 6.81. The number of hydrogen-bond donors (Lipinski definition) is 3. The summed E-state index contributed by atoms with van der Waals surface area (Å²) in [5.41, 5.74) is -3.60. The Morgan fingerprint density at radius 2 is 1.92 bits per heavy atom. The standard InChI is InChI=1S/C15H18ClF3N2O4/c1-14(25,15(17,18)19)13(24)20-11-5-4-9(8-10(11)16)12(23)21(2)6-3-7-22/h4-5,8,22,25H,3,6-7H2,1-2H3,(H,20,24)/t14-/m1/s1. The molecule has 1 aromatic carbocycles. The highest BCUT2D eigenvalue weighted by Crippen LogP contribution is 2.32.